The Morgan fingerprint density at radius 2 is 2.09 bits per heavy atom. The van der Waals surface area contributed by atoms with E-state index in [4.69, 9.17) is 16.6 Å². The van der Waals surface area contributed by atoms with Crippen molar-refractivity contribution in [3.8, 4) is 5.69 Å². The van der Waals surface area contributed by atoms with Gasteiger partial charge in [-0.15, -0.1) is 0 Å². The smallest absolute Gasteiger partial charge is 0.225 e. The van der Waals surface area contributed by atoms with E-state index in [2.05, 4.69) is 15.3 Å². The van der Waals surface area contributed by atoms with Crippen LogP contribution in [0.3, 0.4) is 0 Å². The van der Waals surface area contributed by atoms with Crippen molar-refractivity contribution >= 4 is 44.3 Å². The molecule has 4 aromatic rings. The van der Waals surface area contributed by atoms with Crippen molar-refractivity contribution in [3.63, 3.8) is 0 Å². The molecule has 3 heterocycles. The first kappa shape index (κ1) is 21.9. The number of nitrogens with zero attached hydrogens (tertiary/aromatic N) is 4. The predicted octanol–water partition coefficient (Wildman–Crippen LogP) is 5.12. The Balaban J connectivity index is 1.32. The summed E-state index contributed by atoms with van der Waals surface area (Å²) in [6, 6.07) is 13.7. The number of hydrogen-bond donors (Lipinski definition) is 1. The Kier molecular flexibility index (Phi) is 6.03. The van der Waals surface area contributed by atoms with Crippen LogP contribution in [0.2, 0.25) is 5.02 Å². The number of thiazole rings is 1. The molecule has 33 heavy (non-hydrogen) atoms. The number of aryl methyl sites for hydroxylation is 1. The number of hydrogen-bond acceptors (Lipinski definition) is 5. The van der Waals surface area contributed by atoms with Crippen molar-refractivity contribution in [2.75, 3.05) is 18.0 Å². The largest absolute Gasteiger partial charge is 0.352 e. The number of halogens is 2. The Morgan fingerprint density at radius 1 is 1.27 bits per heavy atom. The fraction of sp³-hybridized carbons (Fsp3) is 0.292. The summed E-state index contributed by atoms with van der Waals surface area (Å²) in [6.07, 6.45) is 1.78. The van der Waals surface area contributed by atoms with E-state index in [1.807, 2.05) is 31.2 Å². The third-order valence-electron chi connectivity index (χ3n) is 5.87. The zero-order valence-electron chi connectivity index (χ0n) is 18.1. The maximum atomic E-state index is 13.4. The van der Waals surface area contributed by atoms with Crippen LogP contribution < -0.4 is 10.2 Å². The van der Waals surface area contributed by atoms with Gasteiger partial charge in [-0.2, -0.15) is 10.1 Å². The molecular weight excluding hydrogens is 461 g/mol. The molecular formula is C24H23ClFN5OS. The number of nitrogens with one attached hydrogen (secondary N) is 1. The topological polar surface area (TPSA) is 63.1 Å². The normalized spacial score (nSPS) is 16.3. The maximum Gasteiger partial charge on any atom is 0.225 e. The lowest BCUT2D eigenvalue weighted by Gasteiger charge is -2.31. The summed E-state index contributed by atoms with van der Waals surface area (Å²) < 4.78 is 16.1. The molecule has 1 saturated heterocycles. The van der Waals surface area contributed by atoms with Crippen LogP contribution in [0, 0.1) is 18.7 Å². The van der Waals surface area contributed by atoms with Crippen LogP contribution in [0.15, 0.2) is 48.5 Å². The SMILES string of the molecule is Cc1nn(-c2ccc(F)cc2)c2nc(N3CCC[C@@H](C(=O)NCc4cccc(Cl)c4)C3)sc12. The van der Waals surface area contributed by atoms with Crippen molar-refractivity contribution in [1.82, 2.24) is 20.1 Å². The molecule has 1 fully saturated rings. The van der Waals surface area contributed by atoms with Gasteiger partial charge in [0.2, 0.25) is 5.91 Å². The highest BCUT2D eigenvalue weighted by Gasteiger charge is 2.28. The van der Waals surface area contributed by atoms with Crippen LogP contribution in [-0.4, -0.2) is 33.8 Å². The van der Waals surface area contributed by atoms with Crippen LogP contribution in [0.25, 0.3) is 16.0 Å². The van der Waals surface area contributed by atoms with Gasteiger partial charge in [-0.3, -0.25) is 4.79 Å². The average Bonchev–Trinajstić information content (AvgIpc) is 3.39. The van der Waals surface area contributed by atoms with Crippen molar-refractivity contribution < 1.29 is 9.18 Å². The van der Waals surface area contributed by atoms with Gasteiger partial charge in [0.05, 0.1) is 22.0 Å². The third-order valence-corrected chi connectivity index (χ3v) is 7.32. The second kappa shape index (κ2) is 9.11. The summed E-state index contributed by atoms with van der Waals surface area (Å²) in [7, 11) is 0. The number of aromatic nitrogens is 3. The maximum absolute atomic E-state index is 13.4. The van der Waals surface area contributed by atoms with E-state index in [0.717, 1.165) is 51.8 Å². The highest BCUT2D eigenvalue weighted by molar-refractivity contribution is 7.22. The first-order valence-corrected chi connectivity index (χ1v) is 12.1. The quantitative estimate of drug-likeness (QED) is 0.428. The molecule has 9 heteroatoms. The van der Waals surface area contributed by atoms with Crippen LogP contribution in [-0.2, 0) is 11.3 Å². The number of fused-ring (bicyclic) bond motifs is 1. The Labute approximate surface area is 200 Å². The van der Waals surface area contributed by atoms with Gasteiger partial charge in [-0.1, -0.05) is 35.1 Å². The van der Waals surface area contributed by atoms with E-state index in [9.17, 15) is 9.18 Å². The summed E-state index contributed by atoms with van der Waals surface area (Å²) in [6.45, 7) is 3.90. The molecule has 2 aromatic heterocycles. The highest BCUT2D eigenvalue weighted by Crippen LogP contribution is 2.34. The van der Waals surface area contributed by atoms with Crippen LogP contribution >= 0.6 is 22.9 Å². The van der Waals surface area contributed by atoms with E-state index in [1.54, 1.807) is 28.2 Å². The molecule has 1 amide bonds. The molecule has 0 aliphatic carbocycles. The minimum Gasteiger partial charge on any atom is -0.352 e. The molecule has 0 radical (unpaired) electrons. The van der Waals surface area contributed by atoms with Gasteiger partial charge in [0.15, 0.2) is 10.8 Å². The number of carbonyl (C=O) groups excluding carboxylic acids is 1. The molecule has 5 rings (SSSR count). The molecule has 1 aliphatic heterocycles. The number of benzene rings is 2. The number of rotatable bonds is 5. The lowest BCUT2D eigenvalue weighted by atomic mass is 9.97. The van der Waals surface area contributed by atoms with Gasteiger partial charge in [-0.25, -0.2) is 9.07 Å². The lowest BCUT2D eigenvalue weighted by Crippen LogP contribution is -2.43. The van der Waals surface area contributed by atoms with Gasteiger partial charge < -0.3 is 10.2 Å². The van der Waals surface area contributed by atoms with Crippen LogP contribution in [0.5, 0.6) is 0 Å². The fourth-order valence-corrected chi connectivity index (χ4v) is 5.40. The summed E-state index contributed by atoms with van der Waals surface area (Å²) in [5.41, 5.74) is 3.39. The van der Waals surface area contributed by atoms with Crippen molar-refractivity contribution in [2.24, 2.45) is 5.92 Å². The first-order valence-electron chi connectivity index (χ1n) is 10.9. The Bertz CT molecular complexity index is 1300. The van der Waals surface area contributed by atoms with Gasteiger partial charge in [-0.05, 0) is 61.7 Å². The standard InChI is InChI=1S/C24H23ClFN5OS/c1-15-21-22(31(29-15)20-9-7-19(26)8-10-20)28-24(33-21)30-11-3-5-17(14-30)23(32)27-13-16-4-2-6-18(25)12-16/h2,4,6-10,12,17H,3,5,11,13-14H2,1H3,(H,27,32)/t17-/m1/s1. The van der Waals surface area contributed by atoms with Crippen molar-refractivity contribution in [2.45, 2.75) is 26.3 Å². The van der Waals surface area contributed by atoms with Gasteiger partial charge in [0, 0.05) is 24.7 Å². The lowest BCUT2D eigenvalue weighted by molar-refractivity contribution is -0.125. The number of piperidine rings is 1. The van der Waals surface area contributed by atoms with Gasteiger partial charge in [0.25, 0.3) is 0 Å². The molecule has 2 aromatic carbocycles. The van der Waals surface area contributed by atoms with Crippen LogP contribution in [0.1, 0.15) is 24.1 Å². The van der Waals surface area contributed by atoms with Crippen molar-refractivity contribution in [3.05, 3.63) is 70.6 Å². The Morgan fingerprint density at radius 3 is 2.88 bits per heavy atom. The Hall–Kier alpha value is -2.97. The second-order valence-electron chi connectivity index (χ2n) is 8.26. The summed E-state index contributed by atoms with van der Waals surface area (Å²) in [4.78, 5) is 19.9. The van der Waals surface area contributed by atoms with E-state index in [1.165, 1.54) is 12.1 Å². The molecule has 1 N–H and O–H groups in total. The average molecular weight is 484 g/mol. The predicted molar refractivity (Wildman–Crippen MR) is 130 cm³/mol. The minimum absolute atomic E-state index is 0.0504. The molecule has 0 bridgehead atoms. The number of amides is 1. The molecule has 1 atom stereocenters. The molecule has 0 spiro atoms. The first-order chi connectivity index (χ1) is 16.0. The minimum atomic E-state index is -0.286. The number of anilines is 1. The molecule has 0 saturated carbocycles. The highest BCUT2D eigenvalue weighted by atomic mass is 35.5. The summed E-state index contributed by atoms with van der Waals surface area (Å²) >= 11 is 7.63. The van der Waals surface area contributed by atoms with Gasteiger partial charge in [0.1, 0.15) is 5.82 Å². The number of carbonyl (C=O) groups is 1. The summed E-state index contributed by atoms with van der Waals surface area (Å²) in [5, 5.41) is 9.18. The molecule has 6 nitrogen and oxygen atoms in total. The zero-order chi connectivity index (χ0) is 22.9. The van der Waals surface area contributed by atoms with E-state index in [0.29, 0.717) is 18.1 Å². The van der Waals surface area contributed by atoms with E-state index < -0.39 is 0 Å². The zero-order valence-corrected chi connectivity index (χ0v) is 19.7. The van der Waals surface area contributed by atoms with Gasteiger partial charge >= 0.3 is 0 Å². The molecule has 1 aliphatic rings. The van der Waals surface area contributed by atoms with E-state index >= 15 is 0 Å². The molecule has 0 unspecified atom stereocenters. The van der Waals surface area contributed by atoms with Crippen LogP contribution in [0.4, 0.5) is 9.52 Å². The monoisotopic (exact) mass is 483 g/mol. The summed E-state index contributed by atoms with van der Waals surface area (Å²) in [5.74, 6) is -0.333. The van der Waals surface area contributed by atoms with E-state index in [-0.39, 0.29) is 17.6 Å². The third kappa shape index (κ3) is 4.58. The fourth-order valence-electron chi connectivity index (χ4n) is 4.17. The van der Waals surface area contributed by atoms with Crippen molar-refractivity contribution in [1.29, 1.82) is 0 Å². The molecule has 170 valence electrons. The second-order valence-corrected chi connectivity index (χ2v) is 9.67.